The summed E-state index contributed by atoms with van der Waals surface area (Å²) < 4.78 is 35.6. The first kappa shape index (κ1) is 48.4. The Labute approximate surface area is 401 Å². The minimum atomic E-state index is -0.485. The maximum Gasteiger partial charge on any atom is 0.407 e. The SMILES string of the molecule is COc1ccc(-c2cnoc2-c2cc(OC)c(OC)c(OC)c2)cc1NC(=O)N1CCN(CCNC(=O)OC2CCC(Cc3cc(-n4nc(C)c5c4CC(C)(C)CC5=O)ccc3C(N)=O)CC2)CC1. The molecule has 4 amide bonds. The van der Waals surface area contributed by atoms with Gasteiger partial charge in [-0.3, -0.25) is 14.5 Å². The number of hydrogen-bond donors (Lipinski definition) is 3. The van der Waals surface area contributed by atoms with Crippen LogP contribution in [0.1, 0.15) is 83.6 Å². The number of amides is 4. The van der Waals surface area contributed by atoms with E-state index in [1.54, 1.807) is 56.7 Å². The van der Waals surface area contributed by atoms with E-state index in [1.165, 1.54) is 7.11 Å². The number of benzene rings is 3. The second kappa shape index (κ2) is 20.6. The standard InChI is InChI=1S/C51H62N8O10/c1-30-45-40(27-51(2,3)28-41(45)60)59(56-30)35-11-14-37(48(52)61)33(23-35)22-31-8-12-36(13-9-31)68-50(63)53-16-17-57-18-20-58(21-19-57)49(62)55-39-24-32(10-15-42(39)64-4)38-29-54-69-46(38)34-25-43(65-5)47(67-7)44(26-34)66-6/h10-11,14-15,23-26,29,31,36H,8-9,12-13,16-22,27-28H2,1-7H3,(H2,52,61)(H,53,63)(H,55,62). The first-order valence-corrected chi connectivity index (χ1v) is 23.4. The molecule has 2 aromatic heterocycles. The number of aromatic nitrogens is 3. The van der Waals surface area contributed by atoms with Crippen molar-refractivity contribution in [3.63, 3.8) is 0 Å². The van der Waals surface area contributed by atoms with Gasteiger partial charge in [-0.15, -0.1) is 0 Å². The molecule has 18 nitrogen and oxygen atoms in total. The van der Waals surface area contributed by atoms with Crippen LogP contribution in [0, 0.1) is 18.3 Å². The molecular weight excluding hydrogens is 885 g/mol. The van der Waals surface area contributed by atoms with Crippen LogP contribution in [0.15, 0.2) is 59.3 Å². The average molecular weight is 947 g/mol. The molecular formula is C51H62N8O10. The number of carbonyl (C=O) groups is 4. The number of anilines is 1. The van der Waals surface area contributed by atoms with E-state index in [1.807, 2.05) is 35.9 Å². The summed E-state index contributed by atoms with van der Waals surface area (Å²) in [6.45, 7) is 9.33. The summed E-state index contributed by atoms with van der Waals surface area (Å²) in [6, 6.07) is 14.4. The van der Waals surface area contributed by atoms with Crippen LogP contribution < -0.4 is 35.3 Å². The molecule has 3 aliphatic rings. The van der Waals surface area contributed by atoms with Crippen molar-refractivity contribution in [1.82, 2.24) is 30.1 Å². The number of nitrogens with zero attached hydrogens (tertiary/aromatic N) is 5. The number of hydrogen-bond acceptors (Lipinski definition) is 13. The molecule has 4 N–H and O–H groups in total. The fraction of sp³-hybridized carbons (Fsp3) is 0.451. The summed E-state index contributed by atoms with van der Waals surface area (Å²) in [5.74, 6) is 2.25. The van der Waals surface area contributed by atoms with Crippen molar-refractivity contribution >= 4 is 29.5 Å². The molecule has 3 heterocycles. The van der Waals surface area contributed by atoms with Gasteiger partial charge in [0.05, 0.1) is 63.0 Å². The van der Waals surface area contributed by atoms with Crippen LogP contribution in [0.25, 0.3) is 28.1 Å². The number of aryl methyl sites for hydroxylation is 1. The number of primary amides is 1. The van der Waals surface area contributed by atoms with Gasteiger partial charge in [-0.2, -0.15) is 5.10 Å². The second-order valence-corrected chi connectivity index (χ2v) is 18.8. The largest absolute Gasteiger partial charge is 0.495 e. The molecule has 0 unspecified atom stereocenters. The molecule has 3 aromatic carbocycles. The zero-order valence-electron chi connectivity index (χ0n) is 40.4. The lowest BCUT2D eigenvalue weighted by Crippen LogP contribution is -2.51. The Hall–Kier alpha value is -7.08. The summed E-state index contributed by atoms with van der Waals surface area (Å²) in [5, 5.41) is 14.8. The highest BCUT2D eigenvalue weighted by Gasteiger charge is 2.36. The first-order valence-electron chi connectivity index (χ1n) is 23.4. The van der Waals surface area contributed by atoms with E-state index >= 15 is 0 Å². The van der Waals surface area contributed by atoms with Crippen LogP contribution in [0.3, 0.4) is 0 Å². The molecule has 366 valence electrons. The topological polar surface area (TPSA) is 215 Å². The van der Waals surface area contributed by atoms with Gasteiger partial charge in [-0.1, -0.05) is 25.1 Å². The minimum Gasteiger partial charge on any atom is -0.495 e. The Morgan fingerprint density at radius 2 is 1.57 bits per heavy atom. The van der Waals surface area contributed by atoms with Crippen molar-refractivity contribution < 1.29 is 47.4 Å². The van der Waals surface area contributed by atoms with Crippen molar-refractivity contribution in [3.05, 3.63) is 82.8 Å². The van der Waals surface area contributed by atoms with E-state index < -0.39 is 12.0 Å². The first-order chi connectivity index (χ1) is 33.2. The molecule has 0 bridgehead atoms. The number of nitrogens with one attached hydrogen (secondary N) is 2. The van der Waals surface area contributed by atoms with Gasteiger partial charge in [-0.05, 0) is 110 Å². The normalized spacial score (nSPS) is 18.0. The van der Waals surface area contributed by atoms with Gasteiger partial charge in [0.1, 0.15) is 11.9 Å². The number of nitrogens with two attached hydrogens (primary N) is 1. The third-order valence-electron chi connectivity index (χ3n) is 13.5. The maximum atomic E-state index is 13.6. The van der Waals surface area contributed by atoms with Crippen LogP contribution in [0.5, 0.6) is 23.0 Å². The minimum absolute atomic E-state index is 0.114. The van der Waals surface area contributed by atoms with Gasteiger partial charge in [-0.25, -0.2) is 14.3 Å². The van der Waals surface area contributed by atoms with Gasteiger partial charge >= 0.3 is 12.1 Å². The number of piperazine rings is 1. The highest BCUT2D eigenvalue weighted by Crippen LogP contribution is 2.44. The number of ether oxygens (including phenoxy) is 5. The molecule has 5 aromatic rings. The quantitative estimate of drug-likeness (QED) is 0.0930. The zero-order chi connectivity index (χ0) is 49.0. The van der Waals surface area contributed by atoms with Crippen LogP contribution in [-0.4, -0.2) is 122 Å². The Morgan fingerprint density at radius 3 is 2.23 bits per heavy atom. The van der Waals surface area contributed by atoms with Gasteiger partial charge < -0.3 is 49.5 Å². The lowest BCUT2D eigenvalue weighted by Gasteiger charge is -2.34. The Balaban J connectivity index is 0.789. The summed E-state index contributed by atoms with van der Waals surface area (Å²) in [5.41, 5.74) is 12.7. The van der Waals surface area contributed by atoms with E-state index in [9.17, 15) is 19.2 Å². The highest BCUT2D eigenvalue weighted by atomic mass is 16.6. The number of urea groups is 1. The van der Waals surface area contributed by atoms with E-state index in [0.29, 0.717) is 127 Å². The summed E-state index contributed by atoms with van der Waals surface area (Å²) in [6.07, 6.45) is 5.90. The molecule has 1 saturated heterocycles. The van der Waals surface area contributed by atoms with Crippen molar-refractivity contribution in [2.75, 3.05) is 73.0 Å². The molecule has 0 atom stereocenters. The van der Waals surface area contributed by atoms with Crippen LogP contribution >= 0.6 is 0 Å². The molecule has 8 rings (SSSR count). The Bertz CT molecular complexity index is 2690. The number of ketones is 1. The zero-order valence-corrected chi connectivity index (χ0v) is 40.4. The molecule has 1 aliphatic heterocycles. The number of methoxy groups -OCH3 is 4. The number of carbonyl (C=O) groups excluding carboxylic acids is 4. The van der Waals surface area contributed by atoms with Crippen molar-refractivity contribution in [2.45, 2.75) is 71.8 Å². The average Bonchev–Trinajstić information content (AvgIpc) is 3.96. The van der Waals surface area contributed by atoms with E-state index in [4.69, 9.17) is 39.0 Å². The molecule has 2 aliphatic carbocycles. The lowest BCUT2D eigenvalue weighted by atomic mass is 9.75. The summed E-state index contributed by atoms with van der Waals surface area (Å²) in [7, 11) is 6.17. The molecule has 18 heteroatoms. The molecule has 2 fully saturated rings. The van der Waals surface area contributed by atoms with E-state index in [2.05, 4.69) is 34.5 Å². The second-order valence-electron chi connectivity index (χ2n) is 18.8. The lowest BCUT2D eigenvalue weighted by molar-refractivity contribution is 0.0633. The van der Waals surface area contributed by atoms with Crippen LogP contribution in [-0.2, 0) is 17.6 Å². The fourth-order valence-electron chi connectivity index (χ4n) is 9.96. The summed E-state index contributed by atoms with van der Waals surface area (Å²) in [4.78, 5) is 56.0. The Morgan fingerprint density at radius 1 is 0.855 bits per heavy atom. The van der Waals surface area contributed by atoms with Crippen LogP contribution in [0.4, 0.5) is 15.3 Å². The van der Waals surface area contributed by atoms with Crippen molar-refractivity contribution in [3.8, 4) is 51.1 Å². The monoisotopic (exact) mass is 946 g/mol. The predicted molar refractivity (Wildman–Crippen MR) is 258 cm³/mol. The molecule has 0 radical (unpaired) electrons. The number of alkyl carbamates (subject to hydrolysis) is 1. The fourth-order valence-corrected chi connectivity index (χ4v) is 9.96. The van der Waals surface area contributed by atoms with Gasteiger partial charge in [0.15, 0.2) is 23.0 Å². The number of rotatable bonds is 15. The Kier molecular flexibility index (Phi) is 14.5. The third-order valence-corrected chi connectivity index (χ3v) is 13.5. The number of fused-ring (bicyclic) bond motifs is 1. The van der Waals surface area contributed by atoms with Gasteiger partial charge in [0, 0.05) is 62.4 Å². The molecule has 69 heavy (non-hydrogen) atoms. The smallest absolute Gasteiger partial charge is 0.407 e. The van der Waals surface area contributed by atoms with Crippen molar-refractivity contribution in [2.24, 2.45) is 17.1 Å². The molecule has 1 saturated carbocycles. The van der Waals surface area contributed by atoms with Gasteiger partial charge in [0.2, 0.25) is 11.7 Å². The molecule has 0 spiro atoms. The van der Waals surface area contributed by atoms with Crippen LogP contribution in [0.2, 0.25) is 0 Å². The summed E-state index contributed by atoms with van der Waals surface area (Å²) >= 11 is 0. The highest BCUT2D eigenvalue weighted by molar-refractivity contribution is 6.00. The van der Waals surface area contributed by atoms with E-state index in [-0.39, 0.29) is 29.3 Å². The van der Waals surface area contributed by atoms with E-state index in [0.717, 1.165) is 41.8 Å². The number of Topliss-reactive ketones (excluding diaryl/α,β-unsaturated/α-hetero) is 1. The van der Waals surface area contributed by atoms with Crippen molar-refractivity contribution in [1.29, 1.82) is 0 Å². The maximum absolute atomic E-state index is 13.6. The van der Waals surface area contributed by atoms with Gasteiger partial charge in [0.25, 0.3) is 0 Å². The predicted octanol–water partition coefficient (Wildman–Crippen LogP) is 7.47. The third kappa shape index (κ3) is 10.6.